The number of aromatic nitrogens is 2. The van der Waals surface area contributed by atoms with Gasteiger partial charge in [-0.05, 0) is 12.5 Å². The van der Waals surface area contributed by atoms with Crippen LogP contribution in [-0.4, -0.2) is 15.9 Å². The number of hydrogen-bond donors (Lipinski definition) is 0. The summed E-state index contributed by atoms with van der Waals surface area (Å²) >= 11 is 0. The van der Waals surface area contributed by atoms with Crippen LogP contribution >= 0.6 is 0 Å². The van der Waals surface area contributed by atoms with Crippen LogP contribution in [0.25, 0.3) is 0 Å². The standard InChI is InChI=1S/C13H12N2O2/c1-10-14-7-12(8-15-10)13(16)17-9-11-5-3-2-4-6-11/h2-8H,9H2,1H3. The molecule has 0 amide bonds. The zero-order valence-corrected chi connectivity index (χ0v) is 9.46. The number of esters is 1. The van der Waals surface area contributed by atoms with Gasteiger partial charge in [0.25, 0.3) is 0 Å². The molecule has 0 unspecified atom stereocenters. The van der Waals surface area contributed by atoms with Crippen molar-refractivity contribution in [1.82, 2.24) is 9.97 Å². The van der Waals surface area contributed by atoms with Crippen LogP contribution in [0.3, 0.4) is 0 Å². The Morgan fingerprint density at radius 1 is 1.18 bits per heavy atom. The Labute approximate surface area is 99.3 Å². The third-order valence-electron chi connectivity index (χ3n) is 2.23. The van der Waals surface area contributed by atoms with Crippen molar-refractivity contribution in [3.63, 3.8) is 0 Å². The maximum atomic E-state index is 11.6. The Bertz CT molecular complexity index is 495. The average molecular weight is 228 g/mol. The summed E-state index contributed by atoms with van der Waals surface area (Å²) < 4.78 is 5.14. The van der Waals surface area contributed by atoms with Crippen molar-refractivity contribution in [3.8, 4) is 0 Å². The maximum absolute atomic E-state index is 11.6. The molecule has 0 spiro atoms. The molecule has 17 heavy (non-hydrogen) atoms. The van der Waals surface area contributed by atoms with E-state index in [4.69, 9.17) is 4.74 Å². The van der Waals surface area contributed by atoms with E-state index in [0.29, 0.717) is 11.4 Å². The Balaban J connectivity index is 1.96. The summed E-state index contributed by atoms with van der Waals surface area (Å²) in [6.45, 7) is 2.02. The fourth-order valence-electron chi connectivity index (χ4n) is 1.30. The largest absolute Gasteiger partial charge is 0.457 e. The first kappa shape index (κ1) is 11.3. The number of carbonyl (C=O) groups is 1. The van der Waals surface area contributed by atoms with Gasteiger partial charge in [0.05, 0.1) is 5.56 Å². The molecule has 4 heteroatoms. The zero-order chi connectivity index (χ0) is 12.1. The summed E-state index contributed by atoms with van der Waals surface area (Å²) in [5.74, 6) is 0.221. The van der Waals surface area contributed by atoms with Gasteiger partial charge in [-0.1, -0.05) is 30.3 Å². The lowest BCUT2D eigenvalue weighted by atomic mass is 10.2. The highest BCUT2D eigenvalue weighted by molar-refractivity contribution is 5.88. The Morgan fingerprint density at radius 3 is 2.47 bits per heavy atom. The van der Waals surface area contributed by atoms with Crippen molar-refractivity contribution in [2.75, 3.05) is 0 Å². The Hall–Kier alpha value is -2.23. The number of nitrogens with zero attached hydrogens (tertiary/aromatic N) is 2. The summed E-state index contributed by atoms with van der Waals surface area (Å²) in [6, 6.07) is 9.52. The molecule has 4 nitrogen and oxygen atoms in total. The number of carbonyl (C=O) groups excluding carboxylic acids is 1. The second-order valence-corrected chi connectivity index (χ2v) is 3.58. The molecular formula is C13H12N2O2. The van der Waals surface area contributed by atoms with Crippen LogP contribution in [0.15, 0.2) is 42.7 Å². The molecule has 0 fully saturated rings. The molecule has 0 saturated heterocycles. The highest BCUT2D eigenvalue weighted by Crippen LogP contribution is 2.04. The van der Waals surface area contributed by atoms with Crippen LogP contribution in [0, 0.1) is 6.92 Å². The van der Waals surface area contributed by atoms with E-state index in [1.165, 1.54) is 12.4 Å². The molecule has 0 N–H and O–H groups in total. The van der Waals surface area contributed by atoms with E-state index in [9.17, 15) is 4.79 Å². The molecule has 86 valence electrons. The van der Waals surface area contributed by atoms with E-state index in [2.05, 4.69) is 9.97 Å². The van der Waals surface area contributed by atoms with Gasteiger partial charge >= 0.3 is 5.97 Å². The molecule has 0 aliphatic rings. The number of rotatable bonds is 3. The molecule has 2 aromatic rings. The lowest BCUT2D eigenvalue weighted by Crippen LogP contribution is -2.06. The minimum absolute atomic E-state index is 0.257. The summed E-state index contributed by atoms with van der Waals surface area (Å²) in [5.41, 5.74) is 1.32. The van der Waals surface area contributed by atoms with E-state index in [1.807, 2.05) is 30.3 Å². The second kappa shape index (κ2) is 5.21. The molecule has 0 saturated carbocycles. The molecule has 0 bridgehead atoms. The minimum Gasteiger partial charge on any atom is -0.457 e. The summed E-state index contributed by atoms with van der Waals surface area (Å²) in [4.78, 5) is 19.5. The predicted molar refractivity (Wildman–Crippen MR) is 62.3 cm³/mol. The van der Waals surface area contributed by atoms with E-state index in [-0.39, 0.29) is 6.61 Å². The molecule has 0 aliphatic heterocycles. The van der Waals surface area contributed by atoms with Crippen LogP contribution < -0.4 is 0 Å². The van der Waals surface area contributed by atoms with Crippen molar-refractivity contribution < 1.29 is 9.53 Å². The molecule has 1 aromatic heterocycles. The van der Waals surface area contributed by atoms with Crippen LogP contribution in [0.5, 0.6) is 0 Å². The first-order chi connectivity index (χ1) is 8.25. The minimum atomic E-state index is -0.408. The normalized spacial score (nSPS) is 9.94. The van der Waals surface area contributed by atoms with Crippen LogP contribution in [0.1, 0.15) is 21.7 Å². The number of hydrogen-bond acceptors (Lipinski definition) is 4. The summed E-state index contributed by atoms with van der Waals surface area (Å²) in [7, 11) is 0. The lowest BCUT2D eigenvalue weighted by Gasteiger charge is -2.04. The molecule has 2 rings (SSSR count). The number of ether oxygens (including phenoxy) is 1. The van der Waals surface area contributed by atoms with Crippen molar-refractivity contribution in [1.29, 1.82) is 0 Å². The quantitative estimate of drug-likeness (QED) is 0.755. The predicted octanol–water partition coefficient (Wildman–Crippen LogP) is 2.14. The fourth-order valence-corrected chi connectivity index (χ4v) is 1.30. The van der Waals surface area contributed by atoms with Crippen molar-refractivity contribution in [2.24, 2.45) is 0 Å². The summed E-state index contributed by atoms with van der Waals surface area (Å²) in [5, 5.41) is 0. The topological polar surface area (TPSA) is 52.1 Å². The number of benzene rings is 1. The third-order valence-corrected chi connectivity index (χ3v) is 2.23. The highest BCUT2D eigenvalue weighted by atomic mass is 16.5. The van der Waals surface area contributed by atoms with Crippen LogP contribution in [0.2, 0.25) is 0 Å². The van der Waals surface area contributed by atoms with Crippen molar-refractivity contribution in [2.45, 2.75) is 13.5 Å². The summed E-state index contributed by atoms with van der Waals surface area (Å²) in [6.07, 6.45) is 2.94. The number of aryl methyl sites for hydroxylation is 1. The monoisotopic (exact) mass is 228 g/mol. The van der Waals surface area contributed by atoms with Crippen molar-refractivity contribution in [3.05, 3.63) is 59.7 Å². The molecular weight excluding hydrogens is 216 g/mol. The van der Waals surface area contributed by atoms with Crippen LogP contribution in [-0.2, 0) is 11.3 Å². The second-order valence-electron chi connectivity index (χ2n) is 3.58. The van der Waals surface area contributed by atoms with Gasteiger partial charge < -0.3 is 4.74 Å². The first-order valence-electron chi connectivity index (χ1n) is 5.25. The zero-order valence-electron chi connectivity index (χ0n) is 9.46. The molecule has 1 aromatic carbocycles. The molecule has 1 heterocycles. The maximum Gasteiger partial charge on any atom is 0.341 e. The van der Waals surface area contributed by atoms with Gasteiger partial charge in [0.15, 0.2) is 0 Å². The van der Waals surface area contributed by atoms with Gasteiger partial charge in [0, 0.05) is 12.4 Å². The van der Waals surface area contributed by atoms with E-state index >= 15 is 0 Å². The van der Waals surface area contributed by atoms with E-state index in [1.54, 1.807) is 6.92 Å². The van der Waals surface area contributed by atoms with Gasteiger partial charge in [-0.25, -0.2) is 14.8 Å². The molecule has 0 radical (unpaired) electrons. The SMILES string of the molecule is Cc1ncc(C(=O)OCc2ccccc2)cn1. The van der Waals surface area contributed by atoms with Gasteiger partial charge in [0.1, 0.15) is 12.4 Å². The van der Waals surface area contributed by atoms with Crippen LogP contribution in [0.4, 0.5) is 0 Å². The van der Waals surface area contributed by atoms with Gasteiger partial charge in [-0.2, -0.15) is 0 Å². The van der Waals surface area contributed by atoms with E-state index < -0.39 is 5.97 Å². The van der Waals surface area contributed by atoms with Gasteiger partial charge in [-0.3, -0.25) is 0 Å². The highest BCUT2D eigenvalue weighted by Gasteiger charge is 2.07. The van der Waals surface area contributed by atoms with Gasteiger partial charge in [0.2, 0.25) is 0 Å². The molecule has 0 aliphatic carbocycles. The molecule has 0 atom stereocenters. The lowest BCUT2D eigenvalue weighted by molar-refractivity contribution is 0.0471. The fraction of sp³-hybridized carbons (Fsp3) is 0.154. The first-order valence-corrected chi connectivity index (χ1v) is 5.25. The third kappa shape index (κ3) is 3.11. The Kier molecular flexibility index (Phi) is 3.45. The van der Waals surface area contributed by atoms with Crippen molar-refractivity contribution >= 4 is 5.97 Å². The van der Waals surface area contributed by atoms with Gasteiger partial charge in [-0.15, -0.1) is 0 Å². The van der Waals surface area contributed by atoms with E-state index in [0.717, 1.165) is 5.56 Å². The Morgan fingerprint density at radius 2 is 1.82 bits per heavy atom. The smallest absolute Gasteiger partial charge is 0.341 e. The average Bonchev–Trinajstić information content (AvgIpc) is 2.38.